The minimum atomic E-state index is -0.823. The van der Waals surface area contributed by atoms with Gasteiger partial charge < -0.3 is 10.8 Å². The third-order valence-electron chi connectivity index (χ3n) is 2.58. The monoisotopic (exact) mass is 247 g/mol. The molecule has 0 fully saturated rings. The smallest absolute Gasteiger partial charge is 0.307 e. The lowest BCUT2D eigenvalue weighted by Crippen LogP contribution is -2.00. The zero-order valence-electron chi connectivity index (χ0n) is 9.43. The lowest BCUT2D eigenvalue weighted by Gasteiger charge is -2.07. The lowest BCUT2D eigenvalue weighted by molar-refractivity contribution is -0.136. The third-order valence-corrected chi connectivity index (χ3v) is 3.38. The summed E-state index contributed by atoms with van der Waals surface area (Å²) >= 11 is 1.50. The third kappa shape index (κ3) is 2.47. The molecule has 0 bridgehead atoms. The molecule has 0 unspecified atom stereocenters. The Kier molecular flexibility index (Phi) is 3.15. The second kappa shape index (κ2) is 4.59. The molecule has 2 rings (SSSR count). The van der Waals surface area contributed by atoms with Crippen LogP contribution in [0.1, 0.15) is 11.1 Å². The van der Waals surface area contributed by atoms with Crippen molar-refractivity contribution in [3.05, 3.63) is 40.1 Å². The largest absolute Gasteiger partial charge is 0.481 e. The molecule has 88 valence electrons. The van der Waals surface area contributed by atoms with E-state index in [1.165, 1.54) is 11.3 Å². The highest BCUT2D eigenvalue weighted by atomic mass is 32.1. The fraction of sp³-hybridized carbons (Fsp3) is 0.154. The molecule has 1 aromatic heterocycles. The number of aryl methyl sites for hydroxylation is 1. The van der Waals surface area contributed by atoms with Gasteiger partial charge in [-0.15, -0.1) is 0 Å². The van der Waals surface area contributed by atoms with E-state index in [0.717, 1.165) is 22.3 Å². The molecule has 0 aliphatic rings. The number of thiophene rings is 1. The number of benzene rings is 1. The van der Waals surface area contributed by atoms with Gasteiger partial charge in [-0.2, -0.15) is 11.3 Å². The van der Waals surface area contributed by atoms with Crippen LogP contribution in [0.15, 0.2) is 29.0 Å². The topological polar surface area (TPSA) is 63.3 Å². The summed E-state index contributed by atoms with van der Waals surface area (Å²) in [6.07, 6.45) is 0.0339. The summed E-state index contributed by atoms with van der Waals surface area (Å²) in [5.74, 6) is -0.823. The Labute approximate surface area is 104 Å². The van der Waals surface area contributed by atoms with Gasteiger partial charge in [0.15, 0.2) is 0 Å². The number of carboxylic acids is 1. The van der Waals surface area contributed by atoms with Gasteiger partial charge >= 0.3 is 5.97 Å². The zero-order chi connectivity index (χ0) is 12.4. The quantitative estimate of drug-likeness (QED) is 0.820. The van der Waals surface area contributed by atoms with Gasteiger partial charge in [-0.1, -0.05) is 11.6 Å². The highest BCUT2D eigenvalue weighted by molar-refractivity contribution is 7.08. The molecule has 0 aliphatic carbocycles. The Balaban J connectivity index is 2.49. The number of hydrogen-bond donors (Lipinski definition) is 2. The van der Waals surface area contributed by atoms with Crippen molar-refractivity contribution in [2.24, 2.45) is 0 Å². The van der Waals surface area contributed by atoms with E-state index < -0.39 is 5.97 Å². The van der Waals surface area contributed by atoms with E-state index in [-0.39, 0.29) is 6.42 Å². The second-order valence-electron chi connectivity index (χ2n) is 3.97. The predicted molar refractivity (Wildman–Crippen MR) is 70.2 cm³/mol. The van der Waals surface area contributed by atoms with Crippen LogP contribution in [0.5, 0.6) is 0 Å². The molecule has 4 heteroatoms. The fourth-order valence-electron chi connectivity index (χ4n) is 1.76. The number of carboxylic acid groups (broad SMARTS) is 1. The Hall–Kier alpha value is -1.81. The number of nitrogens with two attached hydrogens (primary N) is 1. The standard InChI is InChI=1S/C13H13NO2S/c1-8-2-3-12(14)10(4-8)11-7-17-6-9(11)5-13(15)16/h2-4,6-7H,5,14H2,1H3,(H,15,16). The van der Waals surface area contributed by atoms with Crippen LogP contribution in [-0.2, 0) is 11.2 Å². The van der Waals surface area contributed by atoms with Gasteiger partial charge in [-0.3, -0.25) is 4.79 Å². The molecule has 0 atom stereocenters. The molecule has 1 heterocycles. The van der Waals surface area contributed by atoms with E-state index in [2.05, 4.69) is 0 Å². The summed E-state index contributed by atoms with van der Waals surface area (Å²) in [5.41, 5.74) is 10.4. The minimum Gasteiger partial charge on any atom is -0.481 e. The lowest BCUT2D eigenvalue weighted by atomic mass is 9.99. The normalized spacial score (nSPS) is 10.4. The van der Waals surface area contributed by atoms with Crippen molar-refractivity contribution in [3.8, 4) is 11.1 Å². The van der Waals surface area contributed by atoms with Crippen molar-refractivity contribution in [2.75, 3.05) is 5.73 Å². The van der Waals surface area contributed by atoms with Crippen molar-refractivity contribution in [3.63, 3.8) is 0 Å². The highest BCUT2D eigenvalue weighted by Gasteiger charge is 2.12. The van der Waals surface area contributed by atoms with Crippen LogP contribution in [0.2, 0.25) is 0 Å². The first-order valence-electron chi connectivity index (χ1n) is 5.21. The first-order chi connectivity index (χ1) is 8.08. The number of carbonyl (C=O) groups is 1. The Morgan fingerprint density at radius 3 is 2.82 bits per heavy atom. The molecule has 1 aromatic carbocycles. The number of aliphatic carboxylic acids is 1. The van der Waals surface area contributed by atoms with Gasteiger partial charge in [0.1, 0.15) is 0 Å². The average molecular weight is 247 g/mol. The van der Waals surface area contributed by atoms with Crippen LogP contribution in [0.3, 0.4) is 0 Å². The molecule has 0 saturated carbocycles. The summed E-state index contributed by atoms with van der Waals surface area (Å²) in [6.45, 7) is 1.99. The predicted octanol–water partition coefficient (Wildman–Crippen LogP) is 2.93. The summed E-state index contributed by atoms with van der Waals surface area (Å²) in [7, 11) is 0. The van der Waals surface area contributed by atoms with Crippen molar-refractivity contribution in [1.29, 1.82) is 0 Å². The van der Waals surface area contributed by atoms with Crippen LogP contribution in [-0.4, -0.2) is 11.1 Å². The summed E-state index contributed by atoms with van der Waals surface area (Å²) in [4.78, 5) is 10.8. The molecule has 0 aliphatic heterocycles. The molecule has 17 heavy (non-hydrogen) atoms. The maximum atomic E-state index is 10.8. The molecule has 3 nitrogen and oxygen atoms in total. The van der Waals surface area contributed by atoms with Crippen LogP contribution in [0, 0.1) is 6.92 Å². The maximum absolute atomic E-state index is 10.8. The van der Waals surface area contributed by atoms with Crippen LogP contribution < -0.4 is 5.73 Å². The van der Waals surface area contributed by atoms with Crippen LogP contribution in [0.4, 0.5) is 5.69 Å². The van der Waals surface area contributed by atoms with E-state index in [4.69, 9.17) is 10.8 Å². The van der Waals surface area contributed by atoms with Crippen LogP contribution in [0.25, 0.3) is 11.1 Å². The minimum absolute atomic E-state index is 0.0339. The maximum Gasteiger partial charge on any atom is 0.307 e. The highest BCUT2D eigenvalue weighted by Crippen LogP contribution is 2.32. The van der Waals surface area contributed by atoms with Gasteiger partial charge in [0.25, 0.3) is 0 Å². The number of hydrogen-bond acceptors (Lipinski definition) is 3. The van der Waals surface area contributed by atoms with E-state index in [9.17, 15) is 4.79 Å². The fourth-order valence-corrected chi connectivity index (χ4v) is 2.62. The zero-order valence-corrected chi connectivity index (χ0v) is 10.3. The van der Waals surface area contributed by atoms with Crippen molar-refractivity contribution < 1.29 is 9.90 Å². The first-order valence-corrected chi connectivity index (χ1v) is 6.15. The van der Waals surface area contributed by atoms with E-state index in [1.54, 1.807) is 0 Å². The molecule has 0 spiro atoms. The Morgan fingerprint density at radius 2 is 2.12 bits per heavy atom. The number of anilines is 1. The Morgan fingerprint density at radius 1 is 1.35 bits per heavy atom. The summed E-state index contributed by atoms with van der Waals surface area (Å²) in [5, 5.41) is 12.7. The number of rotatable bonds is 3. The van der Waals surface area contributed by atoms with Gasteiger partial charge in [-0.25, -0.2) is 0 Å². The molecule has 0 saturated heterocycles. The SMILES string of the molecule is Cc1ccc(N)c(-c2cscc2CC(=O)O)c1. The van der Waals surface area contributed by atoms with Gasteiger partial charge in [-0.05, 0) is 40.9 Å². The van der Waals surface area contributed by atoms with E-state index in [1.807, 2.05) is 35.9 Å². The van der Waals surface area contributed by atoms with Crippen molar-refractivity contribution in [1.82, 2.24) is 0 Å². The molecule has 3 N–H and O–H groups in total. The molecule has 0 amide bonds. The van der Waals surface area contributed by atoms with Crippen molar-refractivity contribution >= 4 is 23.0 Å². The molecule has 0 radical (unpaired) electrons. The van der Waals surface area contributed by atoms with E-state index in [0.29, 0.717) is 5.69 Å². The summed E-state index contributed by atoms with van der Waals surface area (Å²) < 4.78 is 0. The van der Waals surface area contributed by atoms with E-state index >= 15 is 0 Å². The van der Waals surface area contributed by atoms with Crippen molar-refractivity contribution in [2.45, 2.75) is 13.3 Å². The van der Waals surface area contributed by atoms with Gasteiger partial charge in [0, 0.05) is 11.3 Å². The Bertz CT molecular complexity index is 560. The van der Waals surface area contributed by atoms with Gasteiger partial charge in [0.2, 0.25) is 0 Å². The first kappa shape index (κ1) is 11.7. The summed E-state index contributed by atoms with van der Waals surface area (Å²) in [6, 6.07) is 5.79. The van der Waals surface area contributed by atoms with Crippen LogP contribution >= 0.6 is 11.3 Å². The number of nitrogen functional groups attached to an aromatic ring is 1. The molecule has 2 aromatic rings. The molecular formula is C13H13NO2S. The second-order valence-corrected chi connectivity index (χ2v) is 4.72. The molecular weight excluding hydrogens is 234 g/mol. The average Bonchev–Trinajstić information content (AvgIpc) is 2.69. The van der Waals surface area contributed by atoms with Gasteiger partial charge in [0.05, 0.1) is 6.42 Å².